The predicted octanol–water partition coefficient (Wildman–Crippen LogP) is 1.99. The Morgan fingerprint density at radius 3 is 3.36 bits per heavy atom. The third kappa shape index (κ3) is 1.87. The van der Waals surface area contributed by atoms with Gasteiger partial charge in [0.25, 0.3) is 0 Å². The molecule has 0 N–H and O–H groups in total. The van der Waals surface area contributed by atoms with E-state index in [1.54, 1.807) is 6.21 Å². The van der Waals surface area contributed by atoms with Crippen molar-refractivity contribution in [3.8, 4) is 5.75 Å². The number of ether oxygens (including phenoxy) is 1. The minimum Gasteiger partial charge on any atom is -0.493 e. The molecule has 0 radical (unpaired) electrons. The molecular weight excluding hydrogens is 178 g/mol. The molecule has 2 rings (SSSR count). The van der Waals surface area contributed by atoms with Crippen molar-refractivity contribution in [2.45, 2.75) is 13.3 Å². The van der Waals surface area contributed by atoms with Crippen LogP contribution in [0.15, 0.2) is 23.4 Å². The van der Waals surface area contributed by atoms with Crippen molar-refractivity contribution in [1.82, 2.24) is 0 Å². The zero-order chi connectivity index (χ0) is 9.80. The average Bonchev–Trinajstić information content (AvgIpc) is 2.65. The van der Waals surface area contributed by atoms with Crippen LogP contribution in [0.3, 0.4) is 0 Å². The summed E-state index contributed by atoms with van der Waals surface area (Å²) < 4.78 is 5.40. The fourth-order valence-electron chi connectivity index (χ4n) is 1.46. The van der Waals surface area contributed by atoms with E-state index in [9.17, 15) is 0 Å². The molecule has 0 fully saturated rings. The molecule has 1 aliphatic rings. The van der Waals surface area contributed by atoms with E-state index < -0.39 is 0 Å². The molecule has 0 saturated heterocycles. The Labute approximate surface area is 83.3 Å². The molecule has 0 saturated carbocycles. The molecule has 0 aliphatic carbocycles. The van der Waals surface area contributed by atoms with E-state index in [1.165, 1.54) is 5.56 Å². The highest BCUT2D eigenvalue weighted by Gasteiger charge is 2.10. The van der Waals surface area contributed by atoms with Crippen LogP contribution in [0.2, 0.25) is 0 Å². The SMILES string of the molecule is CCO/N=C\c1ccc2c(c1)CCO2. The van der Waals surface area contributed by atoms with Gasteiger partial charge in [-0.25, -0.2) is 0 Å². The van der Waals surface area contributed by atoms with E-state index in [4.69, 9.17) is 9.57 Å². The summed E-state index contributed by atoms with van der Waals surface area (Å²) in [4.78, 5) is 4.89. The Balaban J connectivity index is 2.12. The van der Waals surface area contributed by atoms with Crippen molar-refractivity contribution in [3.05, 3.63) is 29.3 Å². The summed E-state index contributed by atoms with van der Waals surface area (Å²) in [7, 11) is 0. The minimum absolute atomic E-state index is 0.602. The summed E-state index contributed by atoms with van der Waals surface area (Å²) in [6.45, 7) is 3.31. The molecule has 1 heterocycles. The number of benzene rings is 1. The van der Waals surface area contributed by atoms with E-state index in [2.05, 4.69) is 11.2 Å². The second-order valence-corrected chi connectivity index (χ2v) is 3.12. The van der Waals surface area contributed by atoms with Crippen LogP contribution in [0, 0.1) is 0 Å². The van der Waals surface area contributed by atoms with Crippen molar-refractivity contribution in [1.29, 1.82) is 0 Å². The van der Waals surface area contributed by atoms with Gasteiger partial charge in [-0.05, 0) is 36.2 Å². The van der Waals surface area contributed by atoms with Crippen molar-refractivity contribution >= 4 is 6.21 Å². The minimum atomic E-state index is 0.602. The van der Waals surface area contributed by atoms with Gasteiger partial charge < -0.3 is 9.57 Å². The third-order valence-electron chi connectivity index (χ3n) is 2.12. The first-order chi connectivity index (χ1) is 6.90. The summed E-state index contributed by atoms with van der Waals surface area (Å²) in [5.74, 6) is 0.999. The average molecular weight is 191 g/mol. The monoisotopic (exact) mass is 191 g/mol. The standard InChI is InChI=1S/C11H13NO2/c1-2-14-12-8-9-3-4-11-10(7-9)5-6-13-11/h3-4,7-8H,2,5-6H2,1H3/b12-8-. The highest BCUT2D eigenvalue weighted by molar-refractivity contribution is 5.80. The molecule has 1 aromatic rings. The molecule has 0 spiro atoms. The molecule has 74 valence electrons. The first kappa shape index (κ1) is 9.06. The maximum absolute atomic E-state index is 5.40. The normalized spacial score (nSPS) is 14.1. The van der Waals surface area contributed by atoms with Crippen LogP contribution in [-0.2, 0) is 11.3 Å². The summed E-state index contributed by atoms with van der Waals surface area (Å²) in [6.07, 6.45) is 2.72. The van der Waals surface area contributed by atoms with Crippen LogP contribution in [-0.4, -0.2) is 19.4 Å². The Morgan fingerprint density at radius 2 is 2.50 bits per heavy atom. The number of hydrogen-bond acceptors (Lipinski definition) is 3. The van der Waals surface area contributed by atoms with Crippen LogP contribution in [0.4, 0.5) is 0 Å². The van der Waals surface area contributed by atoms with Gasteiger partial charge >= 0.3 is 0 Å². The van der Waals surface area contributed by atoms with Gasteiger partial charge in [-0.3, -0.25) is 0 Å². The summed E-state index contributed by atoms with van der Waals surface area (Å²) >= 11 is 0. The molecule has 0 unspecified atom stereocenters. The molecule has 3 heteroatoms. The van der Waals surface area contributed by atoms with E-state index >= 15 is 0 Å². The van der Waals surface area contributed by atoms with Gasteiger partial charge in [0, 0.05) is 6.42 Å². The van der Waals surface area contributed by atoms with Gasteiger partial charge in [0.1, 0.15) is 12.4 Å². The number of oxime groups is 1. The topological polar surface area (TPSA) is 30.8 Å². The summed E-state index contributed by atoms with van der Waals surface area (Å²) in [5.41, 5.74) is 2.31. The molecule has 3 nitrogen and oxygen atoms in total. The van der Waals surface area contributed by atoms with E-state index in [-0.39, 0.29) is 0 Å². The van der Waals surface area contributed by atoms with Gasteiger partial charge in [0.2, 0.25) is 0 Å². The number of hydrogen-bond donors (Lipinski definition) is 0. The second kappa shape index (κ2) is 4.13. The Morgan fingerprint density at radius 1 is 1.57 bits per heavy atom. The van der Waals surface area contributed by atoms with Gasteiger partial charge in [-0.1, -0.05) is 5.16 Å². The van der Waals surface area contributed by atoms with Crippen LogP contribution >= 0.6 is 0 Å². The Hall–Kier alpha value is -1.51. The first-order valence-corrected chi connectivity index (χ1v) is 4.81. The molecule has 1 aliphatic heterocycles. The van der Waals surface area contributed by atoms with Crippen LogP contribution in [0.25, 0.3) is 0 Å². The van der Waals surface area contributed by atoms with E-state index in [1.807, 2.05) is 19.1 Å². The van der Waals surface area contributed by atoms with Crippen LogP contribution in [0.1, 0.15) is 18.1 Å². The fraction of sp³-hybridized carbons (Fsp3) is 0.364. The lowest BCUT2D eigenvalue weighted by Crippen LogP contribution is -1.86. The predicted molar refractivity (Wildman–Crippen MR) is 54.9 cm³/mol. The maximum Gasteiger partial charge on any atom is 0.122 e. The zero-order valence-corrected chi connectivity index (χ0v) is 8.19. The number of rotatable bonds is 3. The molecule has 0 amide bonds. The third-order valence-corrected chi connectivity index (χ3v) is 2.12. The first-order valence-electron chi connectivity index (χ1n) is 4.81. The molecule has 0 atom stereocenters. The summed E-state index contributed by atoms with van der Waals surface area (Å²) in [5, 5.41) is 3.82. The van der Waals surface area contributed by atoms with Gasteiger partial charge in [0.15, 0.2) is 0 Å². The van der Waals surface area contributed by atoms with Crippen molar-refractivity contribution in [2.75, 3.05) is 13.2 Å². The zero-order valence-electron chi connectivity index (χ0n) is 8.19. The lowest BCUT2D eigenvalue weighted by atomic mass is 10.1. The smallest absolute Gasteiger partial charge is 0.122 e. The van der Waals surface area contributed by atoms with Crippen molar-refractivity contribution in [3.63, 3.8) is 0 Å². The largest absolute Gasteiger partial charge is 0.493 e. The molecular formula is C11H13NO2. The molecule has 1 aromatic carbocycles. The highest BCUT2D eigenvalue weighted by Crippen LogP contribution is 2.25. The fourth-order valence-corrected chi connectivity index (χ4v) is 1.46. The molecule has 14 heavy (non-hydrogen) atoms. The second-order valence-electron chi connectivity index (χ2n) is 3.12. The van der Waals surface area contributed by atoms with E-state index in [0.717, 1.165) is 24.3 Å². The Kier molecular flexibility index (Phi) is 2.68. The maximum atomic E-state index is 5.40. The van der Waals surface area contributed by atoms with Gasteiger partial charge in [-0.15, -0.1) is 0 Å². The quantitative estimate of drug-likeness (QED) is 0.540. The number of fused-ring (bicyclic) bond motifs is 1. The number of nitrogens with zero attached hydrogens (tertiary/aromatic N) is 1. The van der Waals surface area contributed by atoms with Crippen molar-refractivity contribution < 1.29 is 9.57 Å². The van der Waals surface area contributed by atoms with E-state index in [0.29, 0.717) is 6.61 Å². The van der Waals surface area contributed by atoms with Crippen LogP contribution in [0.5, 0.6) is 5.75 Å². The highest BCUT2D eigenvalue weighted by atomic mass is 16.6. The molecule has 0 aromatic heterocycles. The van der Waals surface area contributed by atoms with Gasteiger partial charge in [-0.2, -0.15) is 0 Å². The van der Waals surface area contributed by atoms with Gasteiger partial charge in [0.05, 0.1) is 12.8 Å². The van der Waals surface area contributed by atoms with Crippen molar-refractivity contribution in [2.24, 2.45) is 5.16 Å². The van der Waals surface area contributed by atoms with Crippen LogP contribution < -0.4 is 4.74 Å². The molecule has 0 bridgehead atoms. The lowest BCUT2D eigenvalue weighted by molar-refractivity contribution is 0.160. The summed E-state index contributed by atoms with van der Waals surface area (Å²) in [6, 6.07) is 6.05. The lowest BCUT2D eigenvalue weighted by Gasteiger charge is -1.99. The Bertz CT molecular complexity index is 347.